The van der Waals surface area contributed by atoms with Crippen molar-refractivity contribution in [2.75, 3.05) is 0 Å². The standard InChI is InChI=1S/C21H30BrN3OSi/c1-21(2,3)10-6-7-20(26-27(4)5)19-14-25(15-24-19)13-17-9-8-16(12-23)11-18(17)22/h8-9,11,14-15,20,27H,6-7,10,13H2,1-5H3. The fourth-order valence-corrected chi connectivity index (χ4v) is 4.44. The fourth-order valence-electron chi connectivity index (χ4n) is 3.00. The lowest BCUT2D eigenvalue weighted by Gasteiger charge is -2.22. The topological polar surface area (TPSA) is 50.8 Å². The number of rotatable bonds is 8. The first-order valence-corrected chi connectivity index (χ1v) is 13.1. The Bertz CT molecular complexity index is 789. The first-order valence-electron chi connectivity index (χ1n) is 9.53. The highest BCUT2D eigenvalue weighted by molar-refractivity contribution is 9.10. The molecule has 0 radical (unpaired) electrons. The van der Waals surface area contributed by atoms with E-state index in [1.807, 2.05) is 24.5 Å². The zero-order valence-corrected chi connectivity index (χ0v) is 19.7. The van der Waals surface area contributed by atoms with Gasteiger partial charge in [-0.15, -0.1) is 0 Å². The van der Waals surface area contributed by atoms with E-state index in [0.29, 0.717) is 17.5 Å². The predicted molar refractivity (Wildman–Crippen MR) is 116 cm³/mol. The second-order valence-corrected chi connectivity index (χ2v) is 11.7. The van der Waals surface area contributed by atoms with Crippen LogP contribution in [0.5, 0.6) is 0 Å². The minimum absolute atomic E-state index is 0.0877. The largest absolute Gasteiger partial charge is 0.412 e. The molecule has 2 rings (SSSR count). The molecule has 1 heterocycles. The molecule has 6 heteroatoms. The summed E-state index contributed by atoms with van der Waals surface area (Å²) in [6.45, 7) is 12.0. The molecule has 0 bridgehead atoms. The van der Waals surface area contributed by atoms with Crippen molar-refractivity contribution in [2.45, 2.75) is 65.8 Å². The van der Waals surface area contributed by atoms with Gasteiger partial charge in [-0.2, -0.15) is 5.26 Å². The van der Waals surface area contributed by atoms with Crippen LogP contribution in [0.4, 0.5) is 0 Å². The Kier molecular flexibility index (Phi) is 7.84. The van der Waals surface area contributed by atoms with Crippen LogP contribution in [0.25, 0.3) is 0 Å². The number of halogens is 1. The molecule has 1 aromatic carbocycles. The lowest BCUT2D eigenvalue weighted by Crippen LogP contribution is -2.15. The maximum atomic E-state index is 9.00. The summed E-state index contributed by atoms with van der Waals surface area (Å²) in [6.07, 6.45) is 7.41. The zero-order chi connectivity index (χ0) is 20.0. The molecule has 1 aromatic heterocycles. The molecule has 27 heavy (non-hydrogen) atoms. The second kappa shape index (κ2) is 9.68. The molecule has 1 unspecified atom stereocenters. The van der Waals surface area contributed by atoms with Crippen molar-refractivity contribution in [3.05, 3.63) is 52.0 Å². The van der Waals surface area contributed by atoms with Gasteiger partial charge in [0.2, 0.25) is 0 Å². The molecule has 0 aliphatic rings. The number of imidazole rings is 1. The molecule has 0 N–H and O–H groups in total. The van der Waals surface area contributed by atoms with E-state index in [0.717, 1.165) is 28.6 Å². The SMILES string of the molecule is C[SiH](C)OC(CCCC(C)(C)C)c1cn(Cc2ccc(C#N)cc2Br)cn1. The molecule has 2 aromatic rings. The number of nitriles is 1. The monoisotopic (exact) mass is 447 g/mol. The summed E-state index contributed by atoms with van der Waals surface area (Å²) < 4.78 is 9.32. The number of aromatic nitrogens is 2. The molecule has 146 valence electrons. The van der Waals surface area contributed by atoms with Crippen LogP contribution in [0.15, 0.2) is 35.2 Å². The maximum absolute atomic E-state index is 9.00. The van der Waals surface area contributed by atoms with Crippen LogP contribution < -0.4 is 0 Å². The molecule has 0 fully saturated rings. The normalized spacial score (nSPS) is 13.0. The van der Waals surface area contributed by atoms with Gasteiger partial charge in [0.1, 0.15) is 0 Å². The van der Waals surface area contributed by atoms with Gasteiger partial charge in [0.05, 0.1) is 29.8 Å². The molecule has 0 aliphatic heterocycles. The smallest absolute Gasteiger partial charge is 0.171 e. The minimum Gasteiger partial charge on any atom is -0.412 e. The Morgan fingerprint density at radius 3 is 2.67 bits per heavy atom. The van der Waals surface area contributed by atoms with Crippen LogP contribution in [0.2, 0.25) is 13.1 Å². The summed E-state index contributed by atoms with van der Waals surface area (Å²) in [7, 11) is -1.15. The summed E-state index contributed by atoms with van der Waals surface area (Å²) in [4.78, 5) is 4.64. The summed E-state index contributed by atoms with van der Waals surface area (Å²) >= 11 is 3.56. The van der Waals surface area contributed by atoms with E-state index in [1.165, 1.54) is 6.42 Å². The van der Waals surface area contributed by atoms with Crippen molar-refractivity contribution in [3.8, 4) is 6.07 Å². The van der Waals surface area contributed by atoms with Crippen molar-refractivity contribution < 1.29 is 4.43 Å². The number of hydrogen-bond donors (Lipinski definition) is 0. The van der Waals surface area contributed by atoms with Gasteiger partial charge >= 0.3 is 0 Å². The van der Waals surface area contributed by atoms with Crippen molar-refractivity contribution in [2.24, 2.45) is 5.41 Å². The van der Waals surface area contributed by atoms with Crippen molar-refractivity contribution >= 4 is 25.0 Å². The lowest BCUT2D eigenvalue weighted by molar-refractivity contribution is 0.182. The lowest BCUT2D eigenvalue weighted by atomic mass is 9.89. The average Bonchev–Trinajstić information content (AvgIpc) is 3.03. The highest BCUT2D eigenvalue weighted by atomic mass is 79.9. The van der Waals surface area contributed by atoms with Crippen LogP contribution in [-0.4, -0.2) is 18.6 Å². The van der Waals surface area contributed by atoms with E-state index >= 15 is 0 Å². The fraction of sp³-hybridized carbons (Fsp3) is 0.524. The Hall–Kier alpha value is -1.42. The molecule has 0 amide bonds. The first-order chi connectivity index (χ1) is 12.7. The Balaban J connectivity index is 2.08. The summed E-state index contributed by atoms with van der Waals surface area (Å²) in [5.41, 5.74) is 3.16. The second-order valence-electron chi connectivity index (χ2n) is 8.52. The van der Waals surface area contributed by atoms with E-state index in [2.05, 4.69) is 71.6 Å². The summed E-state index contributed by atoms with van der Waals surface area (Å²) in [5.74, 6) is 0. The van der Waals surface area contributed by atoms with Gasteiger partial charge in [0.25, 0.3) is 0 Å². The molecular weight excluding hydrogens is 418 g/mol. The third-order valence-corrected chi connectivity index (χ3v) is 5.96. The van der Waals surface area contributed by atoms with E-state index in [-0.39, 0.29) is 6.10 Å². The van der Waals surface area contributed by atoms with Gasteiger partial charge in [0.15, 0.2) is 9.04 Å². The van der Waals surface area contributed by atoms with E-state index in [9.17, 15) is 0 Å². The third-order valence-electron chi connectivity index (χ3n) is 4.35. The Morgan fingerprint density at radius 2 is 2.07 bits per heavy atom. The third kappa shape index (κ3) is 7.25. The Labute approximate surface area is 173 Å². The quantitative estimate of drug-likeness (QED) is 0.478. The van der Waals surface area contributed by atoms with Crippen LogP contribution in [0.1, 0.15) is 63.0 Å². The van der Waals surface area contributed by atoms with Crippen molar-refractivity contribution in [1.29, 1.82) is 5.26 Å². The van der Waals surface area contributed by atoms with Crippen LogP contribution in [0, 0.1) is 16.7 Å². The Morgan fingerprint density at radius 1 is 1.33 bits per heavy atom. The van der Waals surface area contributed by atoms with Gasteiger partial charge in [-0.25, -0.2) is 4.98 Å². The minimum atomic E-state index is -1.15. The van der Waals surface area contributed by atoms with Crippen molar-refractivity contribution in [1.82, 2.24) is 9.55 Å². The van der Waals surface area contributed by atoms with Crippen LogP contribution in [0.3, 0.4) is 0 Å². The molecule has 0 saturated carbocycles. The van der Waals surface area contributed by atoms with E-state index in [4.69, 9.17) is 9.69 Å². The summed E-state index contributed by atoms with van der Waals surface area (Å²) in [6, 6.07) is 7.86. The highest BCUT2D eigenvalue weighted by Gasteiger charge is 2.19. The van der Waals surface area contributed by atoms with E-state index < -0.39 is 9.04 Å². The molecule has 4 nitrogen and oxygen atoms in total. The number of nitrogens with zero attached hydrogens (tertiary/aromatic N) is 3. The number of benzene rings is 1. The van der Waals surface area contributed by atoms with E-state index in [1.54, 1.807) is 0 Å². The predicted octanol–water partition coefficient (Wildman–Crippen LogP) is 5.82. The van der Waals surface area contributed by atoms with Gasteiger partial charge in [-0.05, 0) is 55.5 Å². The zero-order valence-electron chi connectivity index (χ0n) is 17.0. The van der Waals surface area contributed by atoms with Crippen LogP contribution in [-0.2, 0) is 11.0 Å². The average molecular weight is 448 g/mol. The van der Waals surface area contributed by atoms with Crippen LogP contribution >= 0.6 is 15.9 Å². The molecule has 0 spiro atoms. The number of hydrogen-bond acceptors (Lipinski definition) is 3. The van der Waals surface area contributed by atoms with Gasteiger partial charge in [-0.1, -0.05) is 42.8 Å². The summed E-state index contributed by atoms with van der Waals surface area (Å²) in [5, 5.41) is 9.00. The molecule has 0 saturated heterocycles. The maximum Gasteiger partial charge on any atom is 0.171 e. The molecule has 1 atom stereocenters. The molecular formula is C21H30BrN3OSi. The van der Waals surface area contributed by atoms with Gasteiger partial charge in [-0.3, -0.25) is 0 Å². The highest BCUT2D eigenvalue weighted by Crippen LogP contribution is 2.28. The molecule has 0 aliphatic carbocycles. The van der Waals surface area contributed by atoms with Gasteiger partial charge < -0.3 is 8.99 Å². The van der Waals surface area contributed by atoms with Crippen molar-refractivity contribution in [3.63, 3.8) is 0 Å². The first kappa shape index (κ1) is 21.9. The van der Waals surface area contributed by atoms with Gasteiger partial charge in [0, 0.05) is 17.2 Å².